The molecule has 0 unspecified atom stereocenters. The molecule has 0 saturated carbocycles. The molecule has 0 radical (unpaired) electrons. The predicted octanol–water partition coefficient (Wildman–Crippen LogP) is 3.31. The van der Waals surface area contributed by atoms with Crippen molar-refractivity contribution >= 4 is 21.4 Å². The van der Waals surface area contributed by atoms with Crippen LogP contribution in [0, 0.1) is 6.92 Å². The Morgan fingerprint density at radius 3 is 2.83 bits per heavy atom. The third-order valence-corrected chi connectivity index (χ3v) is 6.74. The number of sulfone groups is 1. The molecule has 2 heterocycles. The molecular weight excluding hydrogens is 402 g/mol. The number of fused-ring (bicyclic) bond motifs is 1. The summed E-state index contributed by atoms with van der Waals surface area (Å²) >= 11 is 0. The van der Waals surface area contributed by atoms with Gasteiger partial charge in [-0.2, -0.15) is 0 Å². The number of anilines is 1. The predicted molar refractivity (Wildman–Crippen MR) is 114 cm³/mol. The van der Waals surface area contributed by atoms with Gasteiger partial charge in [0.2, 0.25) is 20.9 Å². The Labute approximate surface area is 175 Å². The highest BCUT2D eigenvalue weighted by molar-refractivity contribution is 7.91. The second-order valence-corrected chi connectivity index (χ2v) is 9.26. The van der Waals surface area contributed by atoms with Crippen molar-refractivity contribution in [1.29, 1.82) is 0 Å². The highest BCUT2D eigenvalue weighted by atomic mass is 32.2. The van der Waals surface area contributed by atoms with E-state index in [1.54, 1.807) is 16.8 Å². The number of aryl methyl sites for hydroxylation is 2. The van der Waals surface area contributed by atoms with E-state index in [1.807, 2.05) is 43.3 Å². The van der Waals surface area contributed by atoms with E-state index >= 15 is 0 Å². The van der Waals surface area contributed by atoms with Gasteiger partial charge in [0.15, 0.2) is 0 Å². The van der Waals surface area contributed by atoms with Crippen molar-refractivity contribution < 1.29 is 17.9 Å². The molecule has 8 heteroatoms. The maximum atomic E-state index is 12.9. The zero-order valence-electron chi connectivity index (χ0n) is 16.7. The third-order valence-electron chi connectivity index (χ3n) is 5.06. The van der Waals surface area contributed by atoms with Crippen LogP contribution in [0.15, 0.2) is 60.0 Å². The number of aromatic nitrogens is 2. The summed E-state index contributed by atoms with van der Waals surface area (Å²) in [7, 11) is -3.56. The largest absolute Gasteiger partial charge is 0.494 e. The molecule has 7 nitrogen and oxygen atoms in total. The number of nitrogens with one attached hydrogen (secondary N) is 1. The monoisotopic (exact) mass is 425 g/mol. The van der Waals surface area contributed by atoms with Crippen molar-refractivity contribution in [2.75, 3.05) is 17.7 Å². The Bertz CT molecular complexity index is 1180. The van der Waals surface area contributed by atoms with Crippen LogP contribution in [0.1, 0.15) is 24.0 Å². The Hall–Kier alpha value is -3.13. The van der Waals surface area contributed by atoms with E-state index in [1.165, 1.54) is 6.20 Å². The Balaban J connectivity index is 1.39. The normalized spacial score (nSPS) is 13.6. The van der Waals surface area contributed by atoms with E-state index in [2.05, 4.69) is 10.3 Å². The number of hydrogen-bond donors (Lipinski definition) is 1. The van der Waals surface area contributed by atoms with Gasteiger partial charge in [-0.1, -0.05) is 18.2 Å². The van der Waals surface area contributed by atoms with Gasteiger partial charge in [0, 0.05) is 24.5 Å². The fraction of sp³-hybridized carbons (Fsp3) is 0.273. The molecule has 1 aliphatic rings. The minimum atomic E-state index is -3.56. The molecule has 0 bridgehead atoms. The van der Waals surface area contributed by atoms with Crippen LogP contribution < -0.4 is 10.1 Å². The number of rotatable bonds is 7. The number of imidazole rings is 1. The lowest BCUT2D eigenvalue weighted by atomic mass is 10.0. The molecule has 1 aromatic heterocycles. The lowest BCUT2D eigenvalue weighted by Crippen LogP contribution is -2.19. The molecule has 0 saturated heterocycles. The summed E-state index contributed by atoms with van der Waals surface area (Å²) in [6.07, 6.45) is 4.65. The summed E-state index contributed by atoms with van der Waals surface area (Å²) < 4.78 is 33.1. The maximum absolute atomic E-state index is 12.9. The first-order chi connectivity index (χ1) is 14.4. The smallest absolute Gasteiger partial charge is 0.232 e. The number of benzene rings is 2. The van der Waals surface area contributed by atoms with Crippen LogP contribution in [0.3, 0.4) is 0 Å². The standard InChI is InChI=1S/C22H23N3O4S/c1-16-5-2-3-6-20(16)25-12-11-23-22(25)30(27,28)14-4-13-29-18-8-9-19-17(15-18)7-10-21(26)24-19/h2-3,5-6,8-9,11-12,15H,4,7,10,13-14H2,1H3,(H,24,26). The summed E-state index contributed by atoms with van der Waals surface area (Å²) in [6, 6.07) is 13.1. The van der Waals surface area contributed by atoms with Gasteiger partial charge < -0.3 is 10.1 Å². The molecule has 30 heavy (non-hydrogen) atoms. The average Bonchev–Trinajstić information content (AvgIpc) is 3.22. The van der Waals surface area contributed by atoms with Gasteiger partial charge >= 0.3 is 0 Å². The van der Waals surface area contributed by atoms with Gasteiger partial charge in [0.25, 0.3) is 0 Å². The molecule has 0 atom stereocenters. The fourth-order valence-electron chi connectivity index (χ4n) is 3.52. The summed E-state index contributed by atoms with van der Waals surface area (Å²) in [5.74, 6) is 0.630. The molecular formula is C22H23N3O4S. The van der Waals surface area contributed by atoms with Crippen molar-refractivity contribution in [3.05, 3.63) is 66.0 Å². The zero-order chi connectivity index (χ0) is 21.1. The van der Waals surface area contributed by atoms with Gasteiger partial charge in [-0.05, 0) is 55.2 Å². The molecule has 1 aliphatic heterocycles. The van der Waals surface area contributed by atoms with E-state index < -0.39 is 9.84 Å². The third kappa shape index (κ3) is 4.23. The van der Waals surface area contributed by atoms with E-state index in [-0.39, 0.29) is 23.4 Å². The second kappa shape index (κ2) is 8.31. The van der Waals surface area contributed by atoms with Gasteiger partial charge in [-0.25, -0.2) is 13.4 Å². The fourth-order valence-corrected chi connectivity index (χ4v) is 4.88. The van der Waals surface area contributed by atoms with E-state index in [4.69, 9.17) is 4.74 Å². The van der Waals surface area contributed by atoms with Gasteiger partial charge in [0.1, 0.15) is 5.75 Å². The average molecular weight is 426 g/mol. The number of hydrogen-bond acceptors (Lipinski definition) is 5. The molecule has 1 N–H and O–H groups in total. The van der Waals surface area contributed by atoms with Crippen LogP contribution in [0.4, 0.5) is 5.69 Å². The van der Waals surface area contributed by atoms with Gasteiger partial charge in [0.05, 0.1) is 18.0 Å². The molecule has 3 aromatic rings. The van der Waals surface area contributed by atoms with Crippen LogP contribution in [-0.2, 0) is 21.1 Å². The van der Waals surface area contributed by atoms with E-state index in [0.717, 1.165) is 22.5 Å². The van der Waals surface area contributed by atoms with Crippen molar-refractivity contribution in [3.8, 4) is 11.4 Å². The minimum Gasteiger partial charge on any atom is -0.494 e. The maximum Gasteiger partial charge on any atom is 0.232 e. The van der Waals surface area contributed by atoms with Crippen LogP contribution in [0.2, 0.25) is 0 Å². The Kier molecular flexibility index (Phi) is 5.59. The molecule has 4 rings (SSSR count). The van der Waals surface area contributed by atoms with Gasteiger partial charge in [-0.3, -0.25) is 9.36 Å². The molecule has 2 aromatic carbocycles. The highest BCUT2D eigenvalue weighted by Gasteiger charge is 2.22. The SMILES string of the molecule is Cc1ccccc1-n1ccnc1S(=O)(=O)CCCOc1ccc2c(c1)CCC(=O)N2. The number of ether oxygens (including phenoxy) is 1. The molecule has 0 aliphatic carbocycles. The van der Waals surface area contributed by atoms with Crippen LogP contribution in [0.25, 0.3) is 5.69 Å². The van der Waals surface area contributed by atoms with E-state index in [9.17, 15) is 13.2 Å². The van der Waals surface area contributed by atoms with Crippen molar-refractivity contribution in [2.24, 2.45) is 0 Å². The zero-order valence-corrected chi connectivity index (χ0v) is 17.5. The van der Waals surface area contributed by atoms with Crippen molar-refractivity contribution in [2.45, 2.75) is 31.3 Å². The summed E-state index contributed by atoms with van der Waals surface area (Å²) in [5.41, 5.74) is 3.61. The first-order valence-corrected chi connectivity index (χ1v) is 11.5. The lowest BCUT2D eigenvalue weighted by Gasteiger charge is -2.17. The van der Waals surface area contributed by atoms with Crippen LogP contribution >= 0.6 is 0 Å². The number of para-hydroxylation sites is 1. The molecule has 0 spiro atoms. The summed E-state index contributed by atoms with van der Waals surface area (Å²) in [6.45, 7) is 2.21. The quantitative estimate of drug-likeness (QED) is 0.587. The van der Waals surface area contributed by atoms with Crippen LogP contribution in [0.5, 0.6) is 5.75 Å². The van der Waals surface area contributed by atoms with Crippen LogP contribution in [-0.4, -0.2) is 36.2 Å². The minimum absolute atomic E-state index is 0.0189. The van der Waals surface area contributed by atoms with Crippen molar-refractivity contribution in [1.82, 2.24) is 9.55 Å². The number of amides is 1. The Morgan fingerprint density at radius 2 is 2.00 bits per heavy atom. The second-order valence-electron chi connectivity index (χ2n) is 7.25. The number of carbonyl (C=O) groups excluding carboxylic acids is 1. The number of carbonyl (C=O) groups is 1. The number of nitrogens with zero attached hydrogens (tertiary/aromatic N) is 2. The summed E-state index contributed by atoms with van der Waals surface area (Å²) in [5, 5.41) is 2.87. The summed E-state index contributed by atoms with van der Waals surface area (Å²) in [4.78, 5) is 15.5. The highest BCUT2D eigenvalue weighted by Crippen LogP contribution is 2.27. The lowest BCUT2D eigenvalue weighted by molar-refractivity contribution is -0.116. The van der Waals surface area contributed by atoms with E-state index in [0.29, 0.717) is 25.0 Å². The van der Waals surface area contributed by atoms with Crippen molar-refractivity contribution in [3.63, 3.8) is 0 Å². The first kappa shape index (κ1) is 20.2. The molecule has 0 fully saturated rings. The topological polar surface area (TPSA) is 90.3 Å². The molecule has 156 valence electrons. The first-order valence-electron chi connectivity index (χ1n) is 9.82. The molecule has 1 amide bonds. The van der Waals surface area contributed by atoms with Gasteiger partial charge in [-0.15, -0.1) is 0 Å². The Morgan fingerprint density at radius 1 is 1.17 bits per heavy atom.